The Morgan fingerprint density at radius 2 is 1.81 bits per heavy atom. The van der Waals surface area contributed by atoms with Crippen LogP contribution in [0.2, 0.25) is 0 Å². The van der Waals surface area contributed by atoms with Gasteiger partial charge in [0, 0.05) is 24.4 Å². The van der Waals surface area contributed by atoms with Gasteiger partial charge in [-0.2, -0.15) is 0 Å². The van der Waals surface area contributed by atoms with Crippen LogP contribution in [0.3, 0.4) is 0 Å². The van der Waals surface area contributed by atoms with Crippen LogP contribution in [0.25, 0.3) is 0 Å². The van der Waals surface area contributed by atoms with E-state index in [1.807, 2.05) is 0 Å². The fraction of sp³-hybridized carbons (Fsp3) is 0.500. The first-order chi connectivity index (χ1) is 9.99. The van der Waals surface area contributed by atoms with E-state index in [1.54, 1.807) is 24.3 Å². The second kappa shape index (κ2) is 9.13. The molecule has 1 rings (SSSR count). The number of urea groups is 1. The van der Waals surface area contributed by atoms with Gasteiger partial charge in [0.25, 0.3) is 0 Å². The average molecular weight is 292 g/mol. The van der Waals surface area contributed by atoms with Gasteiger partial charge >= 0.3 is 6.03 Å². The number of amides is 2. The molecule has 0 radical (unpaired) electrons. The number of carbonyl (C=O) groups excluding carboxylic acids is 2. The summed E-state index contributed by atoms with van der Waals surface area (Å²) in [6.45, 7) is 7.49. The summed E-state index contributed by atoms with van der Waals surface area (Å²) in [7, 11) is 0. The van der Waals surface area contributed by atoms with Crippen LogP contribution in [0, 0.1) is 5.92 Å². The fourth-order valence-corrected chi connectivity index (χ4v) is 1.62. The van der Waals surface area contributed by atoms with Crippen LogP contribution >= 0.6 is 0 Å². The highest BCUT2D eigenvalue weighted by Gasteiger charge is 2.03. The number of ether oxygens (including phenoxy) is 1. The number of anilines is 1. The second-order valence-electron chi connectivity index (χ2n) is 5.31. The first-order valence-electron chi connectivity index (χ1n) is 7.22. The summed E-state index contributed by atoms with van der Waals surface area (Å²) >= 11 is 0. The monoisotopic (exact) mass is 292 g/mol. The van der Waals surface area contributed by atoms with Crippen LogP contribution in [-0.2, 0) is 4.74 Å². The number of carbonyl (C=O) groups is 2. The van der Waals surface area contributed by atoms with Gasteiger partial charge in [0.05, 0.1) is 6.61 Å². The molecule has 5 heteroatoms. The minimum Gasteiger partial charge on any atom is -0.380 e. The van der Waals surface area contributed by atoms with Crippen molar-refractivity contribution in [1.29, 1.82) is 0 Å². The van der Waals surface area contributed by atoms with E-state index in [2.05, 4.69) is 24.5 Å². The number of rotatable bonds is 8. The molecule has 0 aliphatic carbocycles. The van der Waals surface area contributed by atoms with Crippen molar-refractivity contribution in [3.05, 3.63) is 29.8 Å². The van der Waals surface area contributed by atoms with Crippen molar-refractivity contribution >= 4 is 17.5 Å². The van der Waals surface area contributed by atoms with E-state index in [0.29, 0.717) is 36.9 Å². The highest BCUT2D eigenvalue weighted by molar-refractivity contribution is 5.95. The molecule has 0 aromatic heterocycles. The molecule has 5 nitrogen and oxygen atoms in total. The molecule has 0 fully saturated rings. The maximum Gasteiger partial charge on any atom is 0.319 e. The Morgan fingerprint density at radius 1 is 1.14 bits per heavy atom. The van der Waals surface area contributed by atoms with Crippen molar-refractivity contribution in [2.75, 3.05) is 25.1 Å². The van der Waals surface area contributed by atoms with E-state index in [4.69, 9.17) is 4.74 Å². The largest absolute Gasteiger partial charge is 0.380 e. The zero-order valence-corrected chi connectivity index (χ0v) is 12.9. The molecule has 1 aromatic carbocycles. The highest BCUT2D eigenvalue weighted by atomic mass is 16.5. The smallest absolute Gasteiger partial charge is 0.319 e. The zero-order valence-electron chi connectivity index (χ0n) is 12.9. The van der Waals surface area contributed by atoms with Crippen molar-refractivity contribution in [3.8, 4) is 0 Å². The predicted octanol–water partition coefficient (Wildman–Crippen LogP) is 3.07. The van der Waals surface area contributed by atoms with E-state index in [-0.39, 0.29) is 11.8 Å². The fourth-order valence-electron chi connectivity index (χ4n) is 1.62. The second-order valence-corrected chi connectivity index (χ2v) is 5.31. The molecule has 2 N–H and O–H groups in total. The molecular formula is C16H24N2O3. The summed E-state index contributed by atoms with van der Waals surface area (Å²) in [5, 5.41) is 5.41. The minimum atomic E-state index is -0.280. The molecule has 21 heavy (non-hydrogen) atoms. The maximum atomic E-state index is 11.6. The first kappa shape index (κ1) is 17.2. The minimum absolute atomic E-state index is 0.00421. The third-order valence-corrected chi connectivity index (χ3v) is 2.92. The maximum absolute atomic E-state index is 11.6. The number of benzene rings is 1. The highest BCUT2D eigenvalue weighted by Crippen LogP contribution is 2.09. The van der Waals surface area contributed by atoms with E-state index in [1.165, 1.54) is 6.92 Å². The number of hydrogen-bond donors (Lipinski definition) is 2. The zero-order chi connectivity index (χ0) is 15.7. The Bertz CT molecular complexity index is 455. The molecule has 0 aliphatic heterocycles. The summed E-state index contributed by atoms with van der Waals surface area (Å²) in [5.41, 5.74) is 1.28. The number of Topliss-reactive ketones (excluding diaryl/α,β-unsaturated/α-hetero) is 1. The summed E-state index contributed by atoms with van der Waals surface area (Å²) < 4.78 is 5.41. The van der Waals surface area contributed by atoms with E-state index in [9.17, 15) is 9.59 Å². The van der Waals surface area contributed by atoms with Crippen LogP contribution < -0.4 is 10.6 Å². The van der Waals surface area contributed by atoms with Gasteiger partial charge < -0.3 is 15.4 Å². The number of ketones is 1. The van der Waals surface area contributed by atoms with Gasteiger partial charge in [-0.15, -0.1) is 0 Å². The van der Waals surface area contributed by atoms with E-state index < -0.39 is 0 Å². The molecule has 116 valence electrons. The first-order valence-corrected chi connectivity index (χ1v) is 7.22. The SMILES string of the molecule is CC(=O)c1ccc(NC(=O)NCCOCCC(C)C)cc1. The average Bonchev–Trinajstić information content (AvgIpc) is 2.43. The van der Waals surface area contributed by atoms with Gasteiger partial charge in [-0.05, 0) is 43.5 Å². The van der Waals surface area contributed by atoms with Crippen molar-refractivity contribution in [2.45, 2.75) is 27.2 Å². The van der Waals surface area contributed by atoms with Crippen LogP contribution in [-0.4, -0.2) is 31.6 Å². The Labute approximate surface area is 126 Å². The van der Waals surface area contributed by atoms with Crippen LogP contribution in [0.15, 0.2) is 24.3 Å². The van der Waals surface area contributed by atoms with Gasteiger partial charge in [0.2, 0.25) is 0 Å². The topological polar surface area (TPSA) is 67.4 Å². The van der Waals surface area contributed by atoms with Crippen molar-refractivity contribution in [3.63, 3.8) is 0 Å². The number of nitrogens with one attached hydrogen (secondary N) is 2. The summed E-state index contributed by atoms with van der Waals surface area (Å²) in [5.74, 6) is 0.628. The molecule has 0 spiro atoms. The van der Waals surface area contributed by atoms with Crippen molar-refractivity contribution < 1.29 is 14.3 Å². The van der Waals surface area contributed by atoms with Gasteiger partial charge in [-0.25, -0.2) is 4.79 Å². The molecule has 0 heterocycles. The molecule has 0 bridgehead atoms. The lowest BCUT2D eigenvalue weighted by Crippen LogP contribution is -2.31. The normalized spacial score (nSPS) is 10.5. The van der Waals surface area contributed by atoms with Gasteiger partial charge in [0.1, 0.15) is 0 Å². The Kier molecular flexibility index (Phi) is 7.46. The molecule has 0 saturated carbocycles. The third-order valence-electron chi connectivity index (χ3n) is 2.92. The molecule has 0 atom stereocenters. The summed E-state index contributed by atoms with van der Waals surface area (Å²) in [6, 6.07) is 6.50. The van der Waals surface area contributed by atoms with Gasteiger partial charge in [-0.1, -0.05) is 13.8 Å². The third kappa shape index (κ3) is 7.46. The van der Waals surface area contributed by atoms with Crippen LogP contribution in [0.1, 0.15) is 37.6 Å². The van der Waals surface area contributed by atoms with Gasteiger partial charge in [0.15, 0.2) is 5.78 Å². The molecule has 0 aliphatic rings. The molecular weight excluding hydrogens is 268 g/mol. The van der Waals surface area contributed by atoms with Crippen molar-refractivity contribution in [1.82, 2.24) is 5.32 Å². The molecule has 0 saturated heterocycles. The van der Waals surface area contributed by atoms with Gasteiger partial charge in [-0.3, -0.25) is 4.79 Å². The summed E-state index contributed by atoms with van der Waals surface area (Å²) in [4.78, 5) is 22.8. The molecule has 0 unspecified atom stereocenters. The van der Waals surface area contributed by atoms with Crippen LogP contribution in [0.5, 0.6) is 0 Å². The Morgan fingerprint density at radius 3 is 2.38 bits per heavy atom. The van der Waals surface area contributed by atoms with E-state index in [0.717, 1.165) is 6.42 Å². The lowest BCUT2D eigenvalue weighted by molar-refractivity contribution is 0.101. The molecule has 2 amide bonds. The Hall–Kier alpha value is -1.88. The van der Waals surface area contributed by atoms with Crippen molar-refractivity contribution in [2.24, 2.45) is 5.92 Å². The predicted molar refractivity (Wildman–Crippen MR) is 83.7 cm³/mol. The standard InChI is InChI=1S/C16H24N2O3/c1-12(2)8-10-21-11-9-17-16(20)18-15-6-4-14(5-7-15)13(3)19/h4-7,12H,8-11H2,1-3H3,(H2,17,18,20). The quantitative estimate of drug-likeness (QED) is 0.571. The molecule has 1 aromatic rings. The lowest BCUT2D eigenvalue weighted by atomic mass is 10.1. The van der Waals surface area contributed by atoms with E-state index >= 15 is 0 Å². The van der Waals surface area contributed by atoms with Crippen LogP contribution in [0.4, 0.5) is 10.5 Å². The number of hydrogen-bond acceptors (Lipinski definition) is 3. The lowest BCUT2D eigenvalue weighted by Gasteiger charge is -2.09. The Balaban J connectivity index is 2.20. The summed E-state index contributed by atoms with van der Waals surface area (Å²) in [6.07, 6.45) is 1.02.